The molecule has 1 heterocycles. The predicted octanol–water partition coefficient (Wildman–Crippen LogP) is 3.82. The van der Waals surface area contributed by atoms with Crippen molar-refractivity contribution in [3.8, 4) is 0 Å². The third-order valence-electron chi connectivity index (χ3n) is 4.37. The molecule has 2 rings (SSSR count). The zero-order chi connectivity index (χ0) is 15.3. The Morgan fingerprint density at radius 3 is 2.57 bits per heavy atom. The van der Waals surface area contributed by atoms with E-state index in [1.807, 2.05) is 18.2 Å². The van der Waals surface area contributed by atoms with E-state index in [1.54, 1.807) is 0 Å². The summed E-state index contributed by atoms with van der Waals surface area (Å²) in [7, 11) is 0. The van der Waals surface area contributed by atoms with Crippen LogP contribution in [-0.4, -0.2) is 31.5 Å². The minimum absolute atomic E-state index is 0.0676. The van der Waals surface area contributed by atoms with Crippen LogP contribution in [0.3, 0.4) is 0 Å². The van der Waals surface area contributed by atoms with Crippen LogP contribution >= 0.6 is 23.2 Å². The van der Waals surface area contributed by atoms with E-state index < -0.39 is 0 Å². The molecule has 0 amide bonds. The molecule has 0 aromatic heterocycles. The lowest BCUT2D eigenvalue weighted by Gasteiger charge is -2.37. The summed E-state index contributed by atoms with van der Waals surface area (Å²) in [5, 5.41) is 14.5. The summed E-state index contributed by atoms with van der Waals surface area (Å²) in [4.78, 5) is 0. The quantitative estimate of drug-likeness (QED) is 0.832. The highest BCUT2D eigenvalue weighted by Gasteiger charge is 2.32. The Kier molecular flexibility index (Phi) is 6.33. The van der Waals surface area contributed by atoms with Crippen LogP contribution in [0.25, 0.3) is 0 Å². The Bertz CT molecular complexity index is 462. The average molecular weight is 332 g/mol. The Labute approximate surface area is 136 Å². The van der Waals surface area contributed by atoms with Crippen molar-refractivity contribution in [2.75, 3.05) is 26.4 Å². The summed E-state index contributed by atoms with van der Waals surface area (Å²) >= 11 is 12.1. The van der Waals surface area contributed by atoms with Gasteiger partial charge in [0.15, 0.2) is 0 Å². The molecule has 1 aromatic rings. The van der Waals surface area contributed by atoms with Gasteiger partial charge in [-0.05, 0) is 37.0 Å². The van der Waals surface area contributed by atoms with Crippen LogP contribution in [0.1, 0.15) is 37.8 Å². The standard InChI is InChI=1S/C16H23Cl2NO2/c1-2-15(12-3-4-13(17)14(18)9-12)19-10-16(11-20)5-7-21-8-6-16/h3-4,9,15,19-20H,2,5-8,10-11H2,1H3. The van der Waals surface area contributed by atoms with E-state index in [0.29, 0.717) is 10.0 Å². The van der Waals surface area contributed by atoms with E-state index in [0.717, 1.165) is 44.6 Å². The van der Waals surface area contributed by atoms with Crippen LogP contribution < -0.4 is 5.32 Å². The fraction of sp³-hybridized carbons (Fsp3) is 0.625. The number of aliphatic hydroxyl groups is 1. The van der Waals surface area contributed by atoms with E-state index in [4.69, 9.17) is 27.9 Å². The van der Waals surface area contributed by atoms with Crippen LogP contribution in [0.4, 0.5) is 0 Å². The highest BCUT2D eigenvalue weighted by molar-refractivity contribution is 6.42. The Morgan fingerprint density at radius 2 is 2.00 bits per heavy atom. The molecule has 1 fully saturated rings. The highest BCUT2D eigenvalue weighted by Crippen LogP contribution is 2.31. The molecule has 1 aliphatic rings. The topological polar surface area (TPSA) is 41.5 Å². The monoisotopic (exact) mass is 331 g/mol. The van der Waals surface area contributed by atoms with Crippen molar-refractivity contribution in [2.24, 2.45) is 5.41 Å². The Morgan fingerprint density at radius 1 is 1.29 bits per heavy atom. The van der Waals surface area contributed by atoms with Crippen molar-refractivity contribution < 1.29 is 9.84 Å². The fourth-order valence-corrected chi connectivity index (χ4v) is 3.07. The first-order valence-corrected chi connectivity index (χ1v) is 8.23. The molecule has 21 heavy (non-hydrogen) atoms. The number of aliphatic hydroxyl groups excluding tert-OH is 1. The van der Waals surface area contributed by atoms with Gasteiger partial charge in [0, 0.05) is 31.2 Å². The molecule has 0 spiro atoms. The number of hydrogen-bond acceptors (Lipinski definition) is 3. The summed E-state index contributed by atoms with van der Waals surface area (Å²) in [5.41, 5.74) is 1.06. The fourth-order valence-electron chi connectivity index (χ4n) is 2.76. The number of hydrogen-bond donors (Lipinski definition) is 2. The van der Waals surface area contributed by atoms with Crippen molar-refractivity contribution in [3.63, 3.8) is 0 Å². The first kappa shape index (κ1) is 17.0. The Balaban J connectivity index is 2.02. The molecule has 5 heteroatoms. The molecule has 1 aliphatic heterocycles. The van der Waals surface area contributed by atoms with E-state index >= 15 is 0 Å². The van der Waals surface area contributed by atoms with Crippen molar-refractivity contribution in [1.82, 2.24) is 5.32 Å². The minimum atomic E-state index is -0.0676. The van der Waals surface area contributed by atoms with Gasteiger partial charge in [0.25, 0.3) is 0 Å². The van der Waals surface area contributed by atoms with Gasteiger partial charge in [0.05, 0.1) is 16.7 Å². The van der Waals surface area contributed by atoms with Gasteiger partial charge in [-0.3, -0.25) is 0 Å². The van der Waals surface area contributed by atoms with Crippen LogP contribution in [0.5, 0.6) is 0 Å². The molecule has 1 unspecified atom stereocenters. The molecular formula is C16H23Cl2NO2. The van der Waals surface area contributed by atoms with E-state index in [-0.39, 0.29) is 18.1 Å². The van der Waals surface area contributed by atoms with Crippen molar-refractivity contribution >= 4 is 23.2 Å². The molecule has 118 valence electrons. The van der Waals surface area contributed by atoms with Gasteiger partial charge in [0.1, 0.15) is 0 Å². The second kappa shape index (κ2) is 7.80. The van der Waals surface area contributed by atoms with E-state index in [2.05, 4.69) is 12.2 Å². The summed E-state index contributed by atoms with van der Waals surface area (Å²) in [6, 6.07) is 5.97. The molecular weight excluding hydrogens is 309 g/mol. The summed E-state index contributed by atoms with van der Waals surface area (Å²) in [6.45, 7) is 4.57. The Hall–Kier alpha value is -0.320. The summed E-state index contributed by atoms with van der Waals surface area (Å²) in [6.07, 6.45) is 2.75. The molecule has 0 radical (unpaired) electrons. The van der Waals surface area contributed by atoms with Gasteiger partial charge < -0.3 is 15.2 Å². The van der Waals surface area contributed by atoms with Gasteiger partial charge in [-0.2, -0.15) is 0 Å². The highest BCUT2D eigenvalue weighted by atomic mass is 35.5. The lowest BCUT2D eigenvalue weighted by atomic mass is 9.80. The maximum Gasteiger partial charge on any atom is 0.0595 e. The number of halogens is 2. The second-order valence-corrected chi connectivity index (χ2v) is 6.60. The zero-order valence-corrected chi connectivity index (χ0v) is 13.9. The molecule has 3 nitrogen and oxygen atoms in total. The van der Waals surface area contributed by atoms with Crippen LogP contribution in [0.2, 0.25) is 10.0 Å². The predicted molar refractivity (Wildman–Crippen MR) is 87.1 cm³/mol. The largest absolute Gasteiger partial charge is 0.396 e. The van der Waals surface area contributed by atoms with Gasteiger partial charge in [0.2, 0.25) is 0 Å². The van der Waals surface area contributed by atoms with Crippen LogP contribution in [-0.2, 0) is 4.74 Å². The second-order valence-electron chi connectivity index (χ2n) is 5.79. The summed E-state index contributed by atoms with van der Waals surface area (Å²) < 4.78 is 5.40. The molecule has 1 saturated heterocycles. The first-order chi connectivity index (χ1) is 10.1. The number of ether oxygens (including phenoxy) is 1. The average Bonchev–Trinajstić information content (AvgIpc) is 2.52. The molecule has 2 N–H and O–H groups in total. The minimum Gasteiger partial charge on any atom is -0.396 e. The number of nitrogens with one attached hydrogen (secondary N) is 1. The first-order valence-electron chi connectivity index (χ1n) is 7.47. The number of benzene rings is 1. The van der Waals surface area contributed by atoms with Crippen molar-refractivity contribution in [3.05, 3.63) is 33.8 Å². The third kappa shape index (κ3) is 4.33. The smallest absolute Gasteiger partial charge is 0.0595 e. The molecule has 0 aliphatic carbocycles. The zero-order valence-electron chi connectivity index (χ0n) is 12.4. The molecule has 1 atom stereocenters. The lowest BCUT2D eigenvalue weighted by molar-refractivity contribution is -0.0166. The SMILES string of the molecule is CCC(NCC1(CO)CCOCC1)c1ccc(Cl)c(Cl)c1. The van der Waals surface area contributed by atoms with E-state index in [1.165, 1.54) is 0 Å². The number of rotatable bonds is 6. The molecule has 0 saturated carbocycles. The third-order valence-corrected chi connectivity index (χ3v) is 5.11. The van der Waals surface area contributed by atoms with Crippen molar-refractivity contribution in [1.29, 1.82) is 0 Å². The van der Waals surface area contributed by atoms with Crippen molar-refractivity contribution in [2.45, 2.75) is 32.2 Å². The van der Waals surface area contributed by atoms with Gasteiger partial charge >= 0.3 is 0 Å². The molecule has 0 bridgehead atoms. The molecule has 1 aromatic carbocycles. The lowest BCUT2D eigenvalue weighted by Crippen LogP contribution is -2.42. The maximum atomic E-state index is 9.74. The van der Waals surface area contributed by atoms with Gasteiger partial charge in [-0.15, -0.1) is 0 Å². The normalized spacial score (nSPS) is 19.4. The van der Waals surface area contributed by atoms with Crippen LogP contribution in [0.15, 0.2) is 18.2 Å². The maximum absolute atomic E-state index is 9.74. The van der Waals surface area contributed by atoms with E-state index in [9.17, 15) is 5.11 Å². The van der Waals surface area contributed by atoms with Gasteiger partial charge in [-0.25, -0.2) is 0 Å². The van der Waals surface area contributed by atoms with Crippen LogP contribution in [0, 0.1) is 5.41 Å². The summed E-state index contributed by atoms with van der Waals surface area (Å²) in [5.74, 6) is 0. The van der Waals surface area contributed by atoms with Gasteiger partial charge in [-0.1, -0.05) is 36.2 Å².